The number of nitrogens with zero attached hydrogens (tertiary/aromatic N) is 3. The predicted octanol–water partition coefficient (Wildman–Crippen LogP) is 4.48. The van der Waals surface area contributed by atoms with E-state index < -0.39 is 0 Å². The lowest BCUT2D eigenvalue weighted by Crippen LogP contribution is -1.96. The van der Waals surface area contributed by atoms with Crippen molar-refractivity contribution in [2.24, 2.45) is 0 Å². The molecule has 21 heavy (non-hydrogen) atoms. The first-order chi connectivity index (χ1) is 10.1. The number of rotatable bonds is 3. The normalized spacial score (nSPS) is 11.1. The average molecular weight is 411 g/mol. The Kier molecular flexibility index (Phi) is 3.86. The molecule has 0 saturated heterocycles. The summed E-state index contributed by atoms with van der Waals surface area (Å²) in [5.41, 5.74) is 2.99. The molecule has 106 valence electrons. The summed E-state index contributed by atoms with van der Waals surface area (Å²) < 4.78 is 0. The van der Waals surface area contributed by atoms with Gasteiger partial charge in [0.2, 0.25) is 0 Å². The molecule has 2 heterocycles. The topological polar surface area (TPSA) is 68.9 Å². The van der Waals surface area contributed by atoms with Crippen molar-refractivity contribution in [3.63, 3.8) is 0 Å². The van der Waals surface area contributed by atoms with Crippen LogP contribution in [0.3, 0.4) is 0 Å². The fraction of sp³-hybridized carbons (Fsp3) is 0.143. The highest BCUT2D eigenvalue weighted by Crippen LogP contribution is 2.32. The second-order valence-electron chi connectivity index (χ2n) is 4.49. The van der Waals surface area contributed by atoms with E-state index in [0.29, 0.717) is 27.1 Å². The summed E-state index contributed by atoms with van der Waals surface area (Å²) in [5, 5.41) is 13.7. The number of hydrogen-bond donors (Lipinski definition) is 0. The molecule has 7 heteroatoms. The standard InChI is InChI=1S/C14H9Br2N3O2/c15-6-9-2-1-8-5-12(19(20)21)11-4-3-10(7-16)18-14(11)13(8)17-9/h1-5H,6-7H2. The molecule has 0 unspecified atom stereocenters. The lowest BCUT2D eigenvalue weighted by atomic mass is 10.1. The van der Waals surface area contributed by atoms with Gasteiger partial charge in [-0.15, -0.1) is 0 Å². The minimum atomic E-state index is -0.379. The molecule has 0 spiro atoms. The van der Waals surface area contributed by atoms with Gasteiger partial charge in [0.15, 0.2) is 0 Å². The van der Waals surface area contributed by atoms with Gasteiger partial charge in [-0.05, 0) is 18.2 Å². The van der Waals surface area contributed by atoms with Crippen LogP contribution < -0.4 is 0 Å². The van der Waals surface area contributed by atoms with E-state index in [1.807, 2.05) is 12.1 Å². The monoisotopic (exact) mass is 409 g/mol. The SMILES string of the molecule is O=[N+]([O-])c1cc2ccc(CBr)nc2c2nc(CBr)ccc12. The smallest absolute Gasteiger partial charge is 0.258 e. The van der Waals surface area contributed by atoms with Crippen molar-refractivity contribution >= 4 is 59.4 Å². The third-order valence-corrected chi connectivity index (χ3v) is 4.35. The zero-order chi connectivity index (χ0) is 15.0. The van der Waals surface area contributed by atoms with Crippen molar-refractivity contribution in [1.82, 2.24) is 9.97 Å². The first-order valence-electron chi connectivity index (χ1n) is 6.12. The lowest BCUT2D eigenvalue weighted by molar-refractivity contribution is -0.382. The van der Waals surface area contributed by atoms with Gasteiger partial charge in [0.05, 0.1) is 27.2 Å². The van der Waals surface area contributed by atoms with Crippen LogP contribution in [0.1, 0.15) is 11.4 Å². The fourth-order valence-electron chi connectivity index (χ4n) is 2.23. The van der Waals surface area contributed by atoms with Crippen molar-refractivity contribution in [2.75, 3.05) is 0 Å². The van der Waals surface area contributed by atoms with Crippen LogP contribution in [-0.2, 0) is 10.7 Å². The molecule has 2 aromatic heterocycles. The molecule has 0 aliphatic heterocycles. The highest BCUT2D eigenvalue weighted by molar-refractivity contribution is 9.08. The number of hydrogen-bond acceptors (Lipinski definition) is 4. The van der Waals surface area contributed by atoms with Crippen molar-refractivity contribution in [3.05, 3.63) is 51.8 Å². The van der Waals surface area contributed by atoms with E-state index in [1.54, 1.807) is 18.2 Å². The molecule has 3 aromatic rings. The first kappa shape index (κ1) is 14.3. The maximum absolute atomic E-state index is 11.3. The van der Waals surface area contributed by atoms with Gasteiger partial charge in [0, 0.05) is 22.1 Å². The Hall–Kier alpha value is -1.60. The van der Waals surface area contributed by atoms with Crippen molar-refractivity contribution in [1.29, 1.82) is 0 Å². The summed E-state index contributed by atoms with van der Waals surface area (Å²) in [6, 6.07) is 8.76. The zero-order valence-corrected chi connectivity index (χ0v) is 13.9. The molecule has 5 nitrogen and oxygen atoms in total. The zero-order valence-electron chi connectivity index (χ0n) is 10.7. The van der Waals surface area contributed by atoms with Crippen LogP contribution in [-0.4, -0.2) is 14.9 Å². The predicted molar refractivity (Wildman–Crippen MR) is 89.0 cm³/mol. The van der Waals surface area contributed by atoms with Crippen LogP contribution in [0, 0.1) is 10.1 Å². The number of non-ortho nitro benzene ring substituents is 1. The number of halogens is 2. The van der Waals surface area contributed by atoms with Crippen LogP contribution in [0.25, 0.3) is 21.8 Å². The molecule has 0 bridgehead atoms. The summed E-state index contributed by atoms with van der Waals surface area (Å²) in [6.45, 7) is 0. The maximum Gasteiger partial charge on any atom is 0.279 e. The minimum absolute atomic E-state index is 0.0551. The minimum Gasteiger partial charge on any atom is -0.258 e. The maximum atomic E-state index is 11.3. The van der Waals surface area contributed by atoms with Gasteiger partial charge in [-0.1, -0.05) is 37.9 Å². The summed E-state index contributed by atoms with van der Waals surface area (Å²) in [5.74, 6) is 0. The molecule has 0 aliphatic carbocycles. The van der Waals surface area contributed by atoms with Gasteiger partial charge in [-0.3, -0.25) is 10.1 Å². The van der Waals surface area contributed by atoms with Crippen molar-refractivity contribution < 1.29 is 4.92 Å². The average Bonchev–Trinajstić information content (AvgIpc) is 2.52. The molecule has 1 aromatic carbocycles. The number of aromatic nitrogens is 2. The van der Waals surface area contributed by atoms with Gasteiger partial charge >= 0.3 is 0 Å². The van der Waals surface area contributed by atoms with E-state index in [1.165, 1.54) is 0 Å². The van der Waals surface area contributed by atoms with Gasteiger partial charge in [0.25, 0.3) is 5.69 Å². The van der Waals surface area contributed by atoms with Crippen molar-refractivity contribution in [3.8, 4) is 0 Å². The summed E-state index contributed by atoms with van der Waals surface area (Å²) in [4.78, 5) is 20.0. The number of alkyl halides is 2. The largest absolute Gasteiger partial charge is 0.279 e. The van der Waals surface area contributed by atoms with Crippen LogP contribution >= 0.6 is 31.9 Å². The number of benzene rings is 1. The Morgan fingerprint density at radius 3 is 2.24 bits per heavy atom. The molecule has 3 rings (SSSR count). The van der Waals surface area contributed by atoms with E-state index in [9.17, 15) is 10.1 Å². The second-order valence-corrected chi connectivity index (χ2v) is 5.61. The summed E-state index contributed by atoms with van der Waals surface area (Å²) >= 11 is 6.73. The molecule has 0 saturated carbocycles. The second kappa shape index (κ2) is 5.65. The van der Waals surface area contributed by atoms with Gasteiger partial charge < -0.3 is 0 Å². The molecule has 0 aliphatic rings. The van der Waals surface area contributed by atoms with E-state index in [-0.39, 0.29) is 10.6 Å². The molecule has 0 atom stereocenters. The Morgan fingerprint density at radius 2 is 1.62 bits per heavy atom. The van der Waals surface area contributed by atoms with E-state index >= 15 is 0 Å². The Balaban J connectivity index is 2.48. The number of nitro benzene ring substituents is 1. The van der Waals surface area contributed by atoms with Crippen molar-refractivity contribution in [2.45, 2.75) is 10.7 Å². The van der Waals surface area contributed by atoms with Gasteiger partial charge in [-0.2, -0.15) is 0 Å². The highest BCUT2D eigenvalue weighted by Gasteiger charge is 2.17. The molecule has 0 radical (unpaired) electrons. The fourth-order valence-corrected chi connectivity index (χ4v) is 2.85. The Bertz CT molecular complexity index is 868. The van der Waals surface area contributed by atoms with Gasteiger partial charge in [-0.25, -0.2) is 9.97 Å². The van der Waals surface area contributed by atoms with Gasteiger partial charge in [0.1, 0.15) is 5.52 Å². The van der Waals surface area contributed by atoms with Crippen LogP contribution in [0.15, 0.2) is 30.3 Å². The van der Waals surface area contributed by atoms with Crippen LogP contribution in [0.4, 0.5) is 5.69 Å². The third kappa shape index (κ3) is 2.51. The first-order valence-corrected chi connectivity index (χ1v) is 8.37. The van der Waals surface area contributed by atoms with E-state index in [0.717, 1.165) is 16.8 Å². The van der Waals surface area contributed by atoms with Crippen LogP contribution in [0.2, 0.25) is 0 Å². The number of fused-ring (bicyclic) bond motifs is 3. The molecule has 0 N–H and O–H groups in total. The highest BCUT2D eigenvalue weighted by atomic mass is 79.9. The van der Waals surface area contributed by atoms with E-state index in [2.05, 4.69) is 41.8 Å². The summed E-state index contributed by atoms with van der Waals surface area (Å²) in [7, 11) is 0. The Labute approximate surface area is 136 Å². The molecular weight excluding hydrogens is 402 g/mol. The van der Waals surface area contributed by atoms with E-state index in [4.69, 9.17) is 0 Å². The third-order valence-electron chi connectivity index (χ3n) is 3.20. The molecule has 0 fully saturated rings. The molecular formula is C14H9Br2N3O2. The lowest BCUT2D eigenvalue weighted by Gasteiger charge is -2.06. The Morgan fingerprint density at radius 1 is 1.00 bits per heavy atom. The van der Waals surface area contributed by atoms with Crippen LogP contribution in [0.5, 0.6) is 0 Å². The quantitative estimate of drug-likeness (QED) is 0.276. The summed E-state index contributed by atoms with van der Waals surface area (Å²) in [6.07, 6.45) is 0. The number of pyridine rings is 2. The number of nitro groups is 1. The molecule has 0 amide bonds.